The molecule has 0 bridgehead atoms. The maximum Gasteiger partial charge on any atom is 0.220 e. The van der Waals surface area contributed by atoms with Crippen molar-refractivity contribution in [3.8, 4) is 0 Å². The van der Waals surface area contributed by atoms with E-state index in [-0.39, 0.29) is 5.91 Å². The minimum absolute atomic E-state index is 0.117. The molecule has 1 saturated heterocycles. The molecule has 1 aromatic heterocycles. The largest absolute Gasteiger partial charge is 0.465 e. The number of furan rings is 1. The van der Waals surface area contributed by atoms with E-state index in [0.29, 0.717) is 18.9 Å². The Morgan fingerprint density at radius 3 is 3.12 bits per heavy atom. The topological polar surface area (TPSA) is 54.3 Å². The highest BCUT2D eigenvalue weighted by Crippen LogP contribution is 2.14. The molecule has 4 heteroatoms. The first kappa shape index (κ1) is 12.2. The van der Waals surface area contributed by atoms with E-state index in [2.05, 4.69) is 10.6 Å². The van der Waals surface area contributed by atoms with Gasteiger partial charge in [-0.05, 0) is 50.9 Å². The number of aryl methyl sites for hydroxylation is 1. The van der Waals surface area contributed by atoms with Gasteiger partial charge in [0.25, 0.3) is 0 Å². The van der Waals surface area contributed by atoms with Crippen LogP contribution in [0.1, 0.15) is 30.8 Å². The molecule has 1 fully saturated rings. The Morgan fingerprint density at radius 2 is 2.47 bits per heavy atom. The zero-order chi connectivity index (χ0) is 12.1. The fraction of sp³-hybridized carbons (Fsp3) is 0.615. The summed E-state index contributed by atoms with van der Waals surface area (Å²) in [5.41, 5.74) is 0. The molecule has 1 amide bonds. The lowest BCUT2D eigenvalue weighted by molar-refractivity contribution is -0.121. The van der Waals surface area contributed by atoms with Gasteiger partial charge in [-0.15, -0.1) is 0 Å². The molecule has 1 aliphatic heterocycles. The van der Waals surface area contributed by atoms with Crippen LogP contribution in [0, 0.1) is 12.8 Å². The van der Waals surface area contributed by atoms with Gasteiger partial charge in [-0.1, -0.05) is 0 Å². The number of rotatable bonds is 5. The van der Waals surface area contributed by atoms with Crippen LogP contribution in [-0.4, -0.2) is 19.0 Å². The van der Waals surface area contributed by atoms with Crippen molar-refractivity contribution in [1.82, 2.24) is 10.6 Å². The molecule has 1 atom stereocenters. The Morgan fingerprint density at radius 1 is 1.59 bits per heavy atom. The van der Waals surface area contributed by atoms with Gasteiger partial charge in [0.15, 0.2) is 0 Å². The van der Waals surface area contributed by atoms with Gasteiger partial charge in [0, 0.05) is 6.42 Å². The highest BCUT2D eigenvalue weighted by Gasteiger charge is 2.15. The van der Waals surface area contributed by atoms with Crippen molar-refractivity contribution >= 4 is 5.91 Å². The van der Waals surface area contributed by atoms with Gasteiger partial charge in [0.05, 0.1) is 6.54 Å². The molecule has 2 heterocycles. The highest BCUT2D eigenvalue weighted by molar-refractivity contribution is 5.75. The normalized spacial score (nSPS) is 19.5. The van der Waals surface area contributed by atoms with Gasteiger partial charge in [0.1, 0.15) is 11.5 Å². The first-order valence-corrected chi connectivity index (χ1v) is 6.27. The summed E-state index contributed by atoms with van der Waals surface area (Å²) in [7, 11) is 0. The summed E-state index contributed by atoms with van der Waals surface area (Å²) in [6, 6.07) is 3.81. The van der Waals surface area contributed by atoms with Crippen LogP contribution >= 0.6 is 0 Å². The molecule has 0 aromatic carbocycles. The third-order valence-corrected chi connectivity index (χ3v) is 3.20. The van der Waals surface area contributed by atoms with Crippen LogP contribution in [0.2, 0.25) is 0 Å². The van der Waals surface area contributed by atoms with Crippen LogP contribution in [0.5, 0.6) is 0 Å². The lowest BCUT2D eigenvalue weighted by Gasteiger charge is -2.07. The summed E-state index contributed by atoms with van der Waals surface area (Å²) in [6.45, 7) is 4.55. The van der Waals surface area contributed by atoms with Gasteiger partial charge < -0.3 is 15.1 Å². The van der Waals surface area contributed by atoms with Gasteiger partial charge in [0.2, 0.25) is 5.91 Å². The van der Waals surface area contributed by atoms with Crippen molar-refractivity contribution in [3.05, 3.63) is 23.7 Å². The monoisotopic (exact) mass is 236 g/mol. The Balaban J connectivity index is 1.63. The van der Waals surface area contributed by atoms with E-state index in [9.17, 15) is 4.79 Å². The molecule has 0 saturated carbocycles. The van der Waals surface area contributed by atoms with Crippen molar-refractivity contribution in [2.45, 2.75) is 32.7 Å². The van der Waals surface area contributed by atoms with E-state index < -0.39 is 0 Å². The predicted molar refractivity (Wildman–Crippen MR) is 65.5 cm³/mol. The Kier molecular flexibility index (Phi) is 4.20. The maximum atomic E-state index is 11.6. The van der Waals surface area contributed by atoms with Gasteiger partial charge in [-0.25, -0.2) is 0 Å². The fourth-order valence-electron chi connectivity index (χ4n) is 2.15. The number of amides is 1. The van der Waals surface area contributed by atoms with Crippen LogP contribution in [0.4, 0.5) is 0 Å². The first-order valence-electron chi connectivity index (χ1n) is 6.27. The number of nitrogens with one attached hydrogen (secondary N) is 2. The molecule has 0 spiro atoms. The molecule has 94 valence electrons. The van der Waals surface area contributed by atoms with Crippen LogP contribution in [-0.2, 0) is 11.3 Å². The third-order valence-electron chi connectivity index (χ3n) is 3.20. The molecule has 2 N–H and O–H groups in total. The number of carbonyl (C=O) groups is 1. The molecular formula is C13H20N2O2. The van der Waals surface area contributed by atoms with Crippen LogP contribution in [0.25, 0.3) is 0 Å². The standard InChI is InChI=1S/C13H20N2O2/c1-10-2-4-12(17-10)9-15-13(16)5-3-11-6-7-14-8-11/h2,4,11,14H,3,5-9H2,1H3,(H,15,16). The first-order chi connectivity index (χ1) is 8.24. The van der Waals surface area contributed by atoms with Crippen molar-refractivity contribution in [2.24, 2.45) is 5.92 Å². The third kappa shape index (κ3) is 3.89. The molecule has 0 aliphatic carbocycles. The van der Waals surface area contributed by atoms with Crippen molar-refractivity contribution in [1.29, 1.82) is 0 Å². The van der Waals surface area contributed by atoms with Gasteiger partial charge in [-0.2, -0.15) is 0 Å². The summed E-state index contributed by atoms with van der Waals surface area (Å²) in [6.07, 6.45) is 2.80. The summed E-state index contributed by atoms with van der Waals surface area (Å²) in [5, 5.41) is 6.19. The molecular weight excluding hydrogens is 216 g/mol. The maximum absolute atomic E-state index is 11.6. The fourth-order valence-corrected chi connectivity index (χ4v) is 2.15. The van der Waals surface area contributed by atoms with E-state index in [1.165, 1.54) is 6.42 Å². The smallest absolute Gasteiger partial charge is 0.220 e. The Labute approximate surface area is 102 Å². The zero-order valence-electron chi connectivity index (χ0n) is 10.3. The van der Waals surface area contributed by atoms with Crippen molar-refractivity contribution in [2.75, 3.05) is 13.1 Å². The minimum Gasteiger partial charge on any atom is -0.465 e. The SMILES string of the molecule is Cc1ccc(CNC(=O)CCC2CCNC2)o1. The van der Waals surface area contributed by atoms with Crippen molar-refractivity contribution < 1.29 is 9.21 Å². The molecule has 0 radical (unpaired) electrons. The second-order valence-electron chi connectivity index (χ2n) is 4.69. The second kappa shape index (κ2) is 5.87. The van der Waals surface area contributed by atoms with E-state index in [1.54, 1.807) is 0 Å². The molecule has 1 unspecified atom stereocenters. The summed E-state index contributed by atoms with van der Waals surface area (Å²) in [5.74, 6) is 2.49. The lowest BCUT2D eigenvalue weighted by Crippen LogP contribution is -2.23. The number of hydrogen-bond acceptors (Lipinski definition) is 3. The zero-order valence-corrected chi connectivity index (χ0v) is 10.3. The second-order valence-corrected chi connectivity index (χ2v) is 4.69. The molecule has 17 heavy (non-hydrogen) atoms. The quantitative estimate of drug-likeness (QED) is 0.816. The Hall–Kier alpha value is -1.29. The summed E-state index contributed by atoms with van der Waals surface area (Å²) in [4.78, 5) is 11.6. The van der Waals surface area contributed by atoms with E-state index >= 15 is 0 Å². The van der Waals surface area contributed by atoms with E-state index in [4.69, 9.17) is 4.42 Å². The van der Waals surface area contributed by atoms with Crippen LogP contribution in [0.15, 0.2) is 16.5 Å². The van der Waals surface area contributed by atoms with Crippen LogP contribution in [0.3, 0.4) is 0 Å². The van der Waals surface area contributed by atoms with Crippen molar-refractivity contribution in [3.63, 3.8) is 0 Å². The molecule has 4 nitrogen and oxygen atoms in total. The predicted octanol–water partition coefficient (Wildman–Crippen LogP) is 1.59. The van der Waals surface area contributed by atoms with Gasteiger partial charge in [-0.3, -0.25) is 4.79 Å². The summed E-state index contributed by atoms with van der Waals surface area (Å²) >= 11 is 0. The number of carbonyl (C=O) groups excluding carboxylic acids is 1. The average molecular weight is 236 g/mol. The number of hydrogen-bond donors (Lipinski definition) is 2. The molecule has 1 aromatic rings. The molecule has 1 aliphatic rings. The minimum atomic E-state index is 0.117. The lowest BCUT2D eigenvalue weighted by atomic mass is 10.0. The van der Waals surface area contributed by atoms with E-state index in [0.717, 1.165) is 31.0 Å². The van der Waals surface area contributed by atoms with Gasteiger partial charge >= 0.3 is 0 Å². The molecule has 2 rings (SSSR count). The van der Waals surface area contributed by atoms with E-state index in [1.807, 2.05) is 19.1 Å². The average Bonchev–Trinajstić information content (AvgIpc) is 2.95. The Bertz CT molecular complexity index is 367. The summed E-state index contributed by atoms with van der Waals surface area (Å²) < 4.78 is 5.39. The highest BCUT2D eigenvalue weighted by atomic mass is 16.3. The van der Waals surface area contributed by atoms with Crippen LogP contribution < -0.4 is 10.6 Å².